The van der Waals surface area contributed by atoms with Crippen molar-refractivity contribution in [3.05, 3.63) is 0 Å². The maximum atomic E-state index is 5.95. The second kappa shape index (κ2) is 5.67. The molecule has 12 heavy (non-hydrogen) atoms. The highest BCUT2D eigenvalue weighted by atomic mass is 35.5. The maximum Gasteiger partial charge on any atom is 0.205 e. The molecule has 0 unspecified atom stereocenters. The summed E-state index contributed by atoms with van der Waals surface area (Å²) in [6, 6.07) is 0. The molecular weight excluding hydrogens is 278 g/mol. The molecule has 0 bridgehead atoms. The van der Waals surface area contributed by atoms with Gasteiger partial charge >= 0.3 is 0 Å². The SMILES string of the molecule is CCSC(Cl)(Cl)C(Cl)(Cl)SCC. The van der Waals surface area contributed by atoms with Gasteiger partial charge in [-0.1, -0.05) is 60.3 Å². The molecule has 0 nitrogen and oxygen atoms in total. The first-order chi connectivity index (χ1) is 5.37. The highest BCUT2D eigenvalue weighted by Gasteiger charge is 2.47. The largest absolute Gasteiger partial charge is 0.205 e. The summed E-state index contributed by atoms with van der Waals surface area (Å²) in [5, 5.41) is 0. The van der Waals surface area contributed by atoms with Crippen LogP contribution in [-0.2, 0) is 0 Å². The van der Waals surface area contributed by atoms with E-state index < -0.39 is 7.33 Å². The Kier molecular flexibility index (Phi) is 6.55. The molecule has 0 atom stereocenters. The third-order valence-electron chi connectivity index (χ3n) is 0.990. The minimum atomic E-state index is -1.15. The summed E-state index contributed by atoms with van der Waals surface area (Å²) >= 11 is 26.5. The van der Waals surface area contributed by atoms with Crippen molar-refractivity contribution in [3.8, 4) is 0 Å². The van der Waals surface area contributed by atoms with E-state index in [1.807, 2.05) is 13.8 Å². The fourth-order valence-corrected chi connectivity index (χ4v) is 3.91. The van der Waals surface area contributed by atoms with Crippen molar-refractivity contribution in [1.29, 1.82) is 0 Å². The average Bonchev–Trinajstić information content (AvgIpc) is 1.86. The molecule has 0 heterocycles. The Morgan fingerprint density at radius 3 is 1.25 bits per heavy atom. The molecule has 0 aromatic heterocycles. The highest BCUT2D eigenvalue weighted by molar-refractivity contribution is 8.08. The molecule has 0 saturated heterocycles. The van der Waals surface area contributed by atoms with E-state index in [2.05, 4.69) is 0 Å². The van der Waals surface area contributed by atoms with Crippen molar-refractivity contribution in [2.45, 2.75) is 21.2 Å². The average molecular weight is 288 g/mol. The molecule has 0 aliphatic rings. The van der Waals surface area contributed by atoms with Gasteiger partial charge in [-0.25, -0.2) is 0 Å². The molecule has 0 aromatic carbocycles. The summed E-state index contributed by atoms with van der Waals surface area (Å²) in [7, 11) is 0. The Labute approximate surface area is 102 Å². The summed E-state index contributed by atoms with van der Waals surface area (Å²) < 4.78 is -2.29. The van der Waals surface area contributed by atoms with Crippen LogP contribution in [0.1, 0.15) is 13.8 Å². The van der Waals surface area contributed by atoms with Gasteiger partial charge in [0.05, 0.1) is 0 Å². The lowest BCUT2D eigenvalue weighted by atomic mass is 10.9. The van der Waals surface area contributed by atoms with E-state index in [-0.39, 0.29) is 0 Å². The summed E-state index contributed by atoms with van der Waals surface area (Å²) in [6.07, 6.45) is 0. The van der Waals surface area contributed by atoms with Gasteiger partial charge in [0.1, 0.15) is 0 Å². The molecular formula is C6H10Cl4S2. The van der Waals surface area contributed by atoms with Gasteiger partial charge in [-0.15, -0.1) is 23.5 Å². The minimum Gasteiger partial charge on any atom is -0.120 e. The smallest absolute Gasteiger partial charge is 0.120 e. The molecule has 0 amide bonds. The second-order valence-corrected chi connectivity index (χ2v) is 8.41. The Morgan fingerprint density at radius 1 is 0.833 bits per heavy atom. The Hall–Kier alpha value is 1.86. The first-order valence-electron chi connectivity index (χ1n) is 3.41. The zero-order valence-electron chi connectivity index (χ0n) is 6.74. The fourth-order valence-electron chi connectivity index (χ4n) is 0.531. The topological polar surface area (TPSA) is 0 Å². The zero-order chi connectivity index (χ0) is 9.83. The van der Waals surface area contributed by atoms with Crippen molar-refractivity contribution in [2.75, 3.05) is 11.5 Å². The highest BCUT2D eigenvalue weighted by Crippen LogP contribution is 2.56. The summed E-state index contributed by atoms with van der Waals surface area (Å²) in [4.78, 5) is 0. The number of alkyl halides is 4. The number of rotatable bonds is 5. The first kappa shape index (κ1) is 13.9. The molecule has 0 saturated carbocycles. The summed E-state index contributed by atoms with van der Waals surface area (Å²) in [6.45, 7) is 3.90. The van der Waals surface area contributed by atoms with Crippen LogP contribution in [0.4, 0.5) is 0 Å². The molecule has 0 fully saturated rings. The molecule has 0 aromatic rings. The monoisotopic (exact) mass is 286 g/mol. The third-order valence-corrected chi connectivity index (χ3v) is 6.31. The van der Waals surface area contributed by atoms with E-state index in [1.54, 1.807) is 0 Å². The molecule has 0 spiro atoms. The minimum absolute atomic E-state index is 0.776. The number of thioether (sulfide) groups is 2. The van der Waals surface area contributed by atoms with Crippen LogP contribution in [0.2, 0.25) is 0 Å². The van der Waals surface area contributed by atoms with Crippen molar-refractivity contribution in [3.63, 3.8) is 0 Å². The van der Waals surface area contributed by atoms with Crippen LogP contribution in [-0.4, -0.2) is 18.8 Å². The van der Waals surface area contributed by atoms with Gasteiger partial charge in [0.25, 0.3) is 0 Å². The first-order valence-corrected chi connectivity index (χ1v) is 6.89. The quantitative estimate of drug-likeness (QED) is 0.669. The zero-order valence-corrected chi connectivity index (χ0v) is 11.4. The predicted octanol–water partition coefficient (Wildman–Crippen LogP) is 4.76. The molecule has 0 radical (unpaired) electrons. The van der Waals surface area contributed by atoms with Crippen molar-refractivity contribution in [2.24, 2.45) is 0 Å². The Balaban J connectivity index is 4.28. The lowest BCUT2D eigenvalue weighted by molar-refractivity contribution is 1.12. The molecule has 0 N–H and O–H groups in total. The van der Waals surface area contributed by atoms with Gasteiger partial charge < -0.3 is 0 Å². The predicted molar refractivity (Wildman–Crippen MR) is 65.1 cm³/mol. The number of hydrogen-bond donors (Lipinski definition) is 0. The van der Waals surface area contributed by atoms with Gasteiger partial charge in [-0.3, -0.25) is 0 Å². The molecule has 6 heteroatoms. The maximum absolute atomic E-state index is 5.95. The normalized spacial score (nSPS) is 13.5. The van der Waals surface area contributed by atoms with E-state index in [0.29, 0.717) is 0 Å². The van der Waals surface area contributed by atoms with Crippen LogP contribution in [0.5, 0.6) is 0 Å². The molecule has 0 rings (SSSR count). The second-order valence-electron chi connectivity index (χ2n) is 1.90. The van der Waals surface area contributed by atoms with Crippen LogP contribution in [0, 0.1) is 0 Å². The van der Waals surface area contributed by atoms with Crippen LogP contribution < -0.4 is 0 Å². The molecule has 0 aliphatic heterocycles. The van der Waals surface area contributed by atoms with Crippen molar-refractivity contribution < 1.29 is 0 Å². The molecule has 0 aliphatic carbocycles. The third kappa shape index (κ3) is 3.93. The lowest BCUT2D eigenvalue weighted by Crippen LogP contribution is -2.30. The van der Waals surface area contributed by atoms with Gasteiger partial charge in [-0.05, 0) is 11.5 Å². The summed E-state index contributed by atoms with van der Waals surface area (Å²) in [5.74, 6) is 1.55. The molecule has 74 valence electrons. The van der Waals surface area contributed by atoms with Crippen LogP contribution >= 0.6 is 69.9 Å². The fraction of sp³-hybridized carbons (Fsp3) is 1.00. The number of hydrogen-bond acceptors (Lipinski definition) is 2. The van der Waals surface area contributed by atoms with Gasteiger partial charge in [0.15, 0.2) is 0 Å². The van der Waals surface area contributed by atoms with Crippen LogP contribution in [0.3, 0.4) is 0 Å². The number of halogens is 4. The van der Waals surface area contributed by atoms with Gasteiger partial charge in [0.2, 0.25) is 7.33 Å². The Bertz CT molecular complexity index is 122. The van der Waals surface area contributed by atoms with Crippen molar-refractivity contribution >= 4 is 69.9 Å². The Morgan fingerprint density at radius 2 is 1.08 bits per heavy atom. The van der Waals surface area contributed by atoms with E-state index in [1.165, 1.54) is 23.5 Å². The van der Waals surface area contributed by atoms with E-state index in [4.69, 9.17) is 46.4 Å². The van der Waals surface area contributed by atoms with E-state index in [9.17, 15) is 0 Å². The van der Waals surface area contributed by atoms with Crippen LogP contribution in [0.15, 0.2) is 0 Å². The van der Waals surface area contributed by atoms with E-state index >= 15 is 0 Å². The van der Waals surface area contributed by atoms with Gasteiger partial charge in [0, 0.05) is 0 Å². The van der Waals surface area contributed by atoms with E-state index in [0.717, 1.165) is 11.5 Å². The van der Waals surface area contributed by atoms with Crippen LogP contribution in [0.25, 0.3) is 0 Å². The standard InChI is InChI=1S/C6H10Cl4S2/c1-3-11-5(7,8)6(9,10)12-4-2/h3-4H2,1-2H3. The lowest BCUT2D eigenvalue weighted by Gasteiger charge is -2.30. The summed E-state index contributed by atoms with van der Waals surface area (Å²) in [5.41, 5.74) is 0. The van der Waals surface area contributed by atoms with Crippen molar-refractivity contribution in [1.82, 2.24) is 0 Å². The van der Waals surface area contributed by atoms with Gasteiger partial charge in [-0.2, -0.15) is 0 Å².